The molecule has 5 nitrogen and oxygen atoms in total. The molecule has 50 valence electrons. The van der Waals surface area contributed by atoms with Gasteiger partial charge in [-0.1, -0.05) is 0 Å². The topological polar surface area (TPSA) is 113 Å². The van der Waals surface area contributed by atoms with E-state index >= 15 is 0 Å². The van der Waals surface area contributed by atoms with Crippen LogP contribution >= 0.6 is 0 Å². The van der Waals surface area contributed by atoms with E-state index in [9.17, 15) is 0 Å². The van der Waals surface area contributed by atoms with Crippen molar-refractivity contribution in [3.8, 4) is 6.07 Å². The van der Waals surface area contributed by atoms with Gasteiger partial charge in [-0.05, 0) is 0 Å². The first kappa shape index (κ1) is 16.1. The van der Waals surface area contributed by atoms with Gasteiger partial charge in [0, 0.05) is 6.92 Å². The second-order valence-corrected chi connectivity index (χ2v) is 1.41. The maximum absolute atomic E-state index is 8.60. The minimum Gasteiger partial charge on any atom is -1.00 e. The molecule has 0 amide bonds. The van der Waals surface area contributed by atoms with Crippen LogP contribution in [0, 0.1) is 21.6 Å². The van der Waals surface area contributed by atoms with Gasteiger partial charge < -0.3 is 1.43 Å². The van der Waals surface area contributed by atoms with Crippen molar-refractivity contribution in [3.63, 3.8) is 0 Å². The maximum atomic E-state index is 8.60. The number of hydrogen-bond acceptors (Lipinski definition) is 5. The second-order valence-electron chi connectivity index (χ2n) is 0.620. The number of nitrogens with zero attached hydrogens (tertiary/aromatic N) is 1. The molecule has 0 aliphatic heterocycles. The van der Waals surface area contributed by atoms with Gasteiger partial charge in [0.25, 0.3) is 0 Å². The average Bonchev–Trinajstić information content (AvgIpc) is 1.27. The van der Waals surface area contributed by atoms with Gasteiger partial charge in [0.2, 0.25) is 0 Å². The third kappa shape index (κ3) is 6720. The first-order chi connectivity index (χ1) is 3.41. The van der Waals surface area contributed by atoms with Crippen LogP contribution in [0.4, 0.5) is 0 Å². The molecular weight excluding hydrogens is 144 g/mol. The van der Waals surface area contributed by atoms with Crippen molar-refractivity contribution in [2.24, 2.45) is 0 Å². The molecule has 9 heavy (non-hydrogen) atoms. The SMILES string of the molecule is CC#N.[H-].[Li+].[O-][Cl+3]([O-])([O-])O. The van der Waals surface area contributed by atoms with Gasteiger partial charge in [-0.3, -0.25) is 0 Å². The Bertz CT molecular complexity index is 84.2. The van der Waals surface area contributed by atoms with Crippen LogP contribution in [0.25, 0.3) is 0 Å². The molecule has 0 unspecified atom stereocenters. The van der Waals surface area contributed by atoms with Gasteiger partial charge >= 0.3 is 18.9 Å². The minimum atomic E-state index is -4.69. The smallest absolute Gasteiger partial charge is 1.00 e. The largest absolute Gasteiger partial charge is 1.00 e. The molecular formula is C2H5ClLiNO4. The van der Waals surface area contributed by atoms with Gasteiger partial charge in [-0.2, -0.15) is 19.2 Å². The summed E-state index contributed by atoms with van der Waals surface area (Å²) in [5.41, 5.74) is 0. The molecule has 7 heteroatoms. The van der Waals surface area contributed by atoms with Gasteiger partial charge in [-0.25, -0.2) is 0 Å². The van der Waals surface area contributed by atoms with E-state index in [-0.39, 0.29) is 20.3 Å². The van der Waals surface area contributed by atoms with Crippen molar-refractivity contribution in [1.29, 1.82) is 5.26 Å². The molecule has 0 aromatic heterocycles. The predicted octanol–water partition coefficient (Wildman–Crippen LogP) is -6.48. The van der Waals surface area contributed by atoms with E-state index in [0.717, 1.165) is 0 Å². The summed E-state index contributed by atoms with van der Waals surface area (Å²) in [5.74, 6) is 0. The normalized spacial score (nSPS) is 7.56. The summed E-state index contributed by atoms with van der Waals surface area (Å²) >= 11 is 0. The van der Waals surface area contributed by atoms with Crippen LogP contribution in [-0.4, -0.2) is 4.66 Å². The van der Waals surface area contributed by atoms with E-state index in [0.29, 0.717) is 0 Å². The molecule has 0 heterocycles. The first-order valence-corrected chi connectivity index (χ1v) is 2.62. The van der Waals surface area contributed by atoms with Crippen LogP contribution in [0.5, 0.6) is 0 Å². The van der Waals surface area contributed by atoms with Crippen molar-refractivity contribution in [2.45, 2.75) is 6.92 Å². The van der Waals surface area contributed by atoms with Crippen molar-refractivity contribution < 1.29 is 49.2 Å². The molecule has 0 spiro atoms. The molecule has 0 saturated carbocycles. The Hall–Kier alpha value is 0.217. The molecule has 0 fully saturated rings. The fourth-order valence-corrected chi connectivity index (χ4v) is 0. The van der Waals surface area contributed by atoms with Crippen molar-refractivity contribution >= 4 is 0 Å². The van der Waals surface area contributed by atoms with E-state index in [4.69, 9.17) is 23.9 Å². The maximum Gasteiger partial charge on any atom is 1.00 e. The third-order valence-corrected chi connectivity index (χ3v) is 0. The van der Waals surface area contributed by atoms with Crippen molar-refractivity contribution in [2.75, 3.05) is 0 Å². The molecule has 0 aliphatic carbocycles. The van der Waals surface area contributed by atoms with E-state index in [1.807, 2.05) is 0 Å². The molecule has 1 N–H and O–H groups in total. The Balaban J connectivity index is -0.0000000326. The molecule has 0 saturated heterocycles. The zero-order valence-electron chi connectivity index (χ0n) is 6.00. The fraction of sp³-hybridized carbons (Fsp3) is 0.500. The van der Waals surface area contributed by atoms with Crippen molar-refractivity contribution in [3.05, 3.63) is 0 Å². The molecule has 0 atom stereocenters. The van der Waals surface area contributed by atoms with E-state index in [1.54, 1.807) is 6.07 Å². The summed E-state index contributed by atoms with van der Waals surface area (Å²) in [4.78, 5) is 0. The first-order valence-electron chi connectivity index (χ1n) is 1.36. The van der Waals surface area contributed by atoms with E-state index in [2.05, 4.69) is 0 Å². The standard InChI is InChI=1S/C2H3N.ClHO4.Li.H/c1-2-3;2-1(3,4)5;;/h1H3;(H,2,3,4,5);;/q;;+1;-1. The van der Waals surface area contributed by atoms with Crippen LogP contribution in [0.3, 0.4) is 0 Å². The van der Waals surface area contributed by atoms with Gasteiger partial charge in [0.1, 0.15) is 0 Å². The summed E-state index contributed by atoms with van der Waals surface area (Å²) in [5, 5.41) is 7.32. The predicted molar refractivity (Wildman–Crippen MR) is 14.6 cm³/mol. The minimum absolute atomic E-state index is 0. The number of hydrogen-bond donors (Lipinski definition) is 1. The quantitative estimate of drug-likeness (QED) is 0.344. The molecule has 0 aromatic carbocycles. The Morgan fingerprint density at radius 1 is 1.56 bits per heavy atom. The fourth-order valence-electron chi connectivity index (χ4n) is 0. The third-order valence-electron chi connectivity index (χ3n) is 0. The van der Waals surface area contributed by atoms with Crippen LogP contribution in [-0.2, 0) is 0 Å². The zero-order valence-corrected chi connectivity index (χ0v) is 5.75. The molecule has 0 aromatic rings. The van der Waals surface area contributed by atoms with Gasteiger partial charge in [-0.15, -0.1) is 0 Å². The molecule has 0 bridgehead atoms. The summed E-state index contributed by atoms with van der Waals surface area (Å²) in [7, 11) is -4.69. The molecule has 0 aliphatic rings. The number of rotatable bonds is 0. The summed E-state index contributed by atoms with van der Waals surface area (Å²) < 4.78 is 32.7. The van der Waals surface area contributed by atoms with Gasteiger partial charge in [0.15, 0.2) is 0 Å². The van der Waals surface area contributed by atoms with Crippen molar-refractivity contribution in [1.82, 2.24) is 0 Å². The van der Waals surface area contributed by atoms with Crippen LogP contribution in [0.15, 0.2) is 0 Å². The monoisotopic (exact) mass is 149 g/mol. The van der Waals surface area contributed by atoms with Gasteiger partial charge in [0.05, 0.1) is 21.0 Å². The Labute approximate surface area is 67.9 Å². The summed E-state index contributed by atoms with van der Waals surface area (Å²) in [6.45, 7) is 1.43. The summed E-state index contributed by atoms with van der Waals surface area (Å²) in [6, 6.07) is 1.75. The van der Waals surface area contributed by atoms with Crippen LogP contribution < -0.4 is 32.8 Å². The Kier molecular flexibility index (Phi) is 14.7. The molecule has 0 radical (unpaired) electrons. The second kappa shape index (κ2) is 8.22. The summed E-state index contributed by atoms with van der Waals surface area (Å²) in [6.07, 6.45) is 0. The van der Waals surface area contributed by atoms with E-state index in [1.165, 1.54) is 6.92 Å². The average molecular weight is 149 g/mol. The Morgan fingerprint density at radius 3 is 1.56 bits per heavy atom. The van der Waals surface area contributed by atoms with Crippen LogP contribution in [0.2, 0.25) is 0 Å². The number of halogens is 1. The van der Waals surface area contributed by atoms with E-state index < -0.39 is 10.2 Å². The molecule has 0 rings (SSSR count). The van der Waals surface area contributed by atoms with Crippen LogP contribution in [0.1, 0.15) is 8.35 Å². The zero-order chi connectivity index (χ0) is 7.21. The Morgan fingerprint density at radius 2 is 1.56 bits per heavy atom. The number of nitriles is 1.